The van der Waals surface area contributed by atoms with Crippen LogP contribution in [0.4, 0.5) is 11.4 Å². The van der Waals surface area contributed by atoms with Crippen molar-refractivity contribution in [2.75, 3.05) is 29.5 Å². The summed E-state index contributed by atoms with van der Waals surface area (Å²) in [6.45, 7) is 5.11. The van der Waals surface area contributed by atoms with Gasteiger partial charge in [-0.15, -0.1) is 0 Å². The van der Waals surface area contributed by atoms with Crippen molar-refractivity contribution >= 4 is 37.3 Å². The number of amides is 1. The summed E-state index contributed by atoms with van der Waals surface area (Å²) in [5, 5.41) is 2.71. The Bertz CT molecular complexity index is 1140. The predicted molar refractivity (Wildman–Crippen MR) is 119 cm³/mol. The fourth-order valence-electron chi connectivity index (χ4n) is 3.00. The fourth-order valence-corrected chi connectivity index (χ4v) is 4.88. The first kappa shape index (κ1) is 23.8. The number of hydrogen-bond donors (Lipinski definition) is 2. The maximum absolute atomic E-state index is 12.8. The van der Waals surface area contributed by atoms with Crippen molar-refractivity contribution in [1.82, 2.24) is 4.72 Å². The molecule has 30 heavy (non-hydrogen) atoms. The van der Waals surface area contributed by atoms with Crippen molar-refractivity contribution in [1.29, 1.82) is 0 Å². The van der Waals surface area contributed by atoms with Gasteiger partial charge in [0, 0.05) is 25.7 Å². The molecule has 0 aliphatic rings. The molecule has 0 unspecified atom stereocenters. The zero-order valence-corrected chi connectivity index (χ0v) is 19.3. The second-order valence-electron chi connectivity index (χ2n) is 7.15. The molecule has 0 fully saturated rings. The van der Waals surface area contributed by atoms with E-state index >= 15 is 0 Å². The van der Waals surface area contributed by atoms with Crippen molar-refractivity contribution in [3.05, 3.63) is 53.1 Å². The third-order valence-electron chi connectivity index (χ3n) is 4.66. The topological polar surface area (TPSA) is 113 Å². The number of anilines is 2. The highest BCUT2D eigenvalue weighted by molar-refractivity contribution is 7.92. The minimum absolute atomic E-state index is 0.0301. The van der Waals surface area contributed by atoms with Gasteiger partial charge in [-0.25, -0.2) is 21.6 Å². The number of nitrogens with zero attached hydrogens (tertiary/aromatic N) is 1. The van der Waals surface area contributed by atoms with E-state index in [1.165, 1.54) is 13.1 Å². The first-order valence-electron chi connectivity index (χ1n) is 9.23. The summed E-state index contributed by atoms with van der Waals surface area (Å²) < 4.78 is 52.8. The second-order valence-corrected chi connectivity index (χ2v) is 10.9. The lowest BCUT2D eigenvalue weighted by atomic mass is 10.1. The fraction of sp³-hybridized carbons (Fsp3) is 0.350. The Balaban J connectivity index is 2.12. The minimum atomic E-state index is -3.93. The van der Waals surface area contributed by atoms with Crippen molar-refractivity contribution in [2.45, 2.75) is 32.1 Å². The van der Waals surface area contributed by atoms with Crippen molar-refractivity contribution in [2.24, 2.45) is 0 Å². The van der Waals surface area contributed by atoms with Crippen LogP contribution in [-0.2, 0) is 24.8 Å². The van der Waals surface area contributed by atoms with E-state index in [0.29, 0.717) is 22.5 Å². The van der Waals surface area contributed by atoms with Crippen LogP contribution in [0.15, 0.2) is 41.3 Å². The van der Waals surface area contributed by atoms with Gasteiger partial charge in [0.15, 0.2) is 0 Å². The maximum Gasteiger partial charge on any atom is 0.240 e. The molecule has 10 heteroatoms. The summed E-state index contributed by atoms with van der Waals surface area (Å²) in [7, 11) is -6.11. The lowest BCUT2D eigenvalue weighted by Crippen LogP contribution is -2.30. The van der Waals surface area contributed by atoms with Crippen molar-refractivity contribution in [3.8, 4) is 0 Å². The molecule has 2 aromatic carbocycles. The Morgan fingerprint density at radius 1 is 0.967 bits per heavy atom. The molecular weight excluding hydrogens is 426 g/mol. The van der Waals surface area contributed by atoms with E-state index in [9.17, 15) is 21.6 Å². The number of nitrogens with one attached hydrogen (secondary N) is 2. The van der Waals surface area contributed by atoms with Crippen molar-refractivity contribution in [3.63, 3.8) is 0 Å². The number of hydrogen-bond acceptors (Lipinski definition) is 5. The summed E-state index contributed by atoms with van der Waals surface area (Å²) in [5.41, 5.74) is 2.97. The van der Waals surface area contributed by atoms with Crippen LogP contribution in [0.2, 0.25) is 0 Å². The van der Waals surface area contributed by atoms with E-state index < -0.39 is 20.0 Å². The van der Waals surface area contributed by atoms with Crippen LogP contribution in [-0.4, -0.2) is 42.6 Å². The molecule has 0 saturated heterocycles. The van der Waals surface area contributed by atoms with Crippen LogP contribution in [0.3, 0.4) is 0 Å². The first-order valence-corrected chi connectivity index (χ1v) is 12.6. The van der Waals surface area contributed by atoms with Crippen LogP contribution in [0.25, 0.3) is 0 Å². The Hall–Kier alpha value is -2.43. The predicted octanol–water partition coefficient (Wildman–Crippen LogP) is 2.31. The molecule has 0 aliphatic carbocycles. The molecule has 0 bridgehead atoms. The van der Waals surface area contributed by atoms with Crippen LogP contribution in [0, 0.1) is 20.8 Å². The Morgan fingerprint density at radius 3 is 2.13 bits per heavy atom. The molecule has 0 atom stereocenters. The van der Waals surface area contributed by atoms with Gasteiger partial charge in [-0.05, 0) is 50.1 Å². The Labute approximate surface area is 178 Å². The highest BCUT2D eigenvalue weighted by Crippen LogP contribution is 2.30. The van der Waals surface area contributed by atoms with Gasteiger partial charge < -0.3 is 5.32 Å². The molecule has 8 nitrogen and oxygen atoms in total. The van der Waals surface area contributed by atoms with Crippen LogP contribution in [0.5, 0.6) is 0 Å². The number of carbonyl (C=O) groups is 1. The van der Waals surface area contributed by atoms with Gasteiger partial charge in [0.25, 0.3) is 0 Å². The summed E-state index contributed by atoms with van der Waals surface area (Å²) in [5.74, 6) is -0.320. The number of aryl methyl sites for hydroxylation is 2. The van der Waals surface area contributed by atoms with Gasteiger partial charge in [-0.2, -0.15) is 0 Å². The first-order chi connectivity index (χ1) is 13.8. The SMILES string of the molecule is Cc1ccc(NC(=O)CCNS(=O)(=O)c2ccc(C)c(N(C)S(C)(=O)=O)c2C)cc1. The molecular formula is C20H27N3O5S2. The normalized spacial score (nSPS) is 11.9. The monoisotopic (exact) mass is 453 g/mol. The summed E-state index contributed by atoms with van der Waals surface area (Å²) in [4.78, 5) is 12.0. The largest absolute Gasteiger partial charge is 0.326 e. The molecule has 0 saturated carbocycles. The maximum atomic E-state index is 12.8. The van der Waals surface area contributed by atoms with Gasteiger partial charge in [0.1, 0.15) is 0 Å². The molecule has 2 aromatic rings. The number of benzene rings is 2. The summed E-state index contributed by atoms with van der Waals surface area (Å²) >= 11 is 0. The van der Waals surface area contributed by atoms with E-state index in [1.54, 1.807) is 32.0 Å². The van der Waals surface area contributed by atoms with Gasteiger partial charge in [0.2, 0.25) is 26.0 Å². The summed E-state index contributed by atoms with van der Waals surface area (Å²) in [6, 6.07) is 10.3. The zero-order valence-electron chi connectivity index (χ0n) is 17.7. The summed E-state index contributed by atoms with van der Waals surface area (Å²) in [6.07, 6.45) is 1.01. The quantitative estimate of drug-likeness (QED) is 0.637. The third-order valence-corrected chi connectivity index (χ3v) is 7.45. The molecule has 1 amide bonds. The Kier molecular flexibility index (Phi) is 7.27. The van der Waals surface area contributed by atoms with E-state index in [4.69, 9.17) is 0 Å². The molecule has 0 radical (unpaired) electrons. The van der Waals surface area contributed by atoms with E-state index in [-0.39, 0.29) is 23.8 Å². The number of sulfonamides is 2. The minimum Gasteiger partial charge on any atom is -0.326 e. The molecule has 0 aromatic heterocycles. The lowest BCUT2D eigenvalue weighted by Gasteiger charge is -2.23. The van der Waals surface area contributed by atoms with Crippen LogP contribution >= 0.6 is 0 Å². The average Bonchev–Trinajstić information content (AvgIpc) is 2.62. The lowest BCUT2D eigenvalue weighted by molar-refractivity contribution is -0.116. The highest BCUT2D eigenvalue weighted by Gasteiger charge is 2.24. The standard InChI is InChI=1S/C20H27N3O5S2/c1-14-6-9-17(10-7-14)22-19(24)12-13-21-30(27,28)18-11-8-15(2)20(16(18)3)23(4)29(5,25)26/h6-11,21H,12-13H2,1-5H3,(H,22,24). The average molecular weight is 454 g/mol. The van der Waals surface area contributed by atoms with Crippen LogP contribution in [0.1, 0.15) is 23.1 Å². The third kappa shape index (κ3) is 5.80. The smallest absolute Gasteiger partial charge is 0.240 e. The van der Waals surface area contributed by atoms with Gasteiger partial charge in [-0.3, -0.25) is 9.10 Å². The number of rotatable bonds is 8. The highest BCUT2D eigenvalue weighted by atomic mass is 32.2. The molecule has 0 spiro atoms. The molecule has 164 valence electrons. The molecule has 2 N–H and O–H groups in total. The number of carbonyl (C=O) groups excluding carboxylic acids is 1. The molecule has 2 rings (SSSR count). The van der Waals surface area contributed by atoms with Gasteiger partial charge >= 0.3 is 0 Å². The molecule has 0 aliphatic heterocycles. The van der Waals surface area contributed by atoms with E-state index in [2.05, 4.69) is 10.0 Å². The van der Waals surface area contributed by atoms with Gasteiger partial charge in [-0.1, -0.05) is 23.8 Å². The second kappa shape index (κ2) is 9.15. The van der Waals surface area contributed by atoms with E-state index in [1.807, 2.05) is 19.1 Å². The zero-order chi connectivity index (χ0) is 22.7. The van der Waals surface area contributed by atoms with E-state index in [0.717, 1.165) is 16.1 Å². The Morgan fingerprint density at radius 2 is 1.57 bits per heavy atom. The van der Waals surface area contributed by atoms with Crippen LogP contribution < -0.4 is 14.3 Å². The van der Waals surface area contributed by atoms with Crippen molar-refractivity contribution < 1.29 is 21.6 Å². The molecule has 0 heterocycles. The van der Waals surface area contributed by atoms with Gasteiger partial charge in [0.05, 0.1) is 16.8 Å².